The van der Waals surface area contributed by atoms with Gasteiger partial charge in [-0.25, -0.2) is 0 Å². The smallest absolute Gasteiger partial charge is 0.310 e. The molecule has 5 heteroatoms. The van der Waals surface area contributed by atoms with E-state index < -0.39 is 11.4 Å². The van der Waals surface area contributed by atoms with Crippen LogP contribution in [0.5, 0.6) is 0 Å². The van der Waals surface area contributed by atoms with Gasteiger partial charge >= 0.3 is 5.97 Å². The van der Waals surface area contributed by atoms with Crippen molar-refractivity contribution in [1.29, 1.82) is 0 Å². The fourth-order valence-electron chi connectivity index (χ4n) is 2.24. The molecular formula is C14H29NO4. The standard InChI is InChI=1S/C14H29NO4/c1-6-14(7-2,13(16)17)11-15(8-9-18-4)12(3)10-19-5/h12H,6-11H2,1-5H3,(H,16,17). The number of nitrogens with zero attached hydrogens (tertiary/aromatic N) is 1. The predicted octanol–water partition coefficient (Wildman–Crippen LogP) is 1.86. The summed E-state index contributed by atoms with van der Waals surface area (Å²) in [6.07, 6.45) is 1.25. The molecule has 0 aromatic carbocycles. The van der Waals surface area contributed by atoms with Gasteiger partial charge in [-0.05, 0) is 19.8 Å². The third-order valence-corrected chi connectivity index (χ3v) is 3.93. The topological polar surface area (TPSA) is 59.0 Å². The summed E-state index contributed by atoms with van der Waals surface area (Å²) < 4.78 is 10.3. The molecule has 1 unspecified atom stereocenters. The van der Waals surface area contributed by atoms with Crippen molar-refractivity contribution in [1.82, 2.24) is 4.90 Å². The lowest BCUT2D eigenvalue weighted by molar-refractivity contribution is -0.151. The first kappa shape index (κ1) is 18.4. The van der Waals surface area contributed by atoms with E-state index in [-0.39, 0.29) is 6.04 Å². The van der Waals surface area contributed by atoms with Gasteiger partial charge in [-0.1, -0.05) is 13.8 Å². The van der Waals surface area contributed by atoms with Crippen molar-refractivity contribution < 1.29 is 19.4 Å². The molecule has 0 aromatic rings. The summed E-state index contributed by atoms with van der Waals surface area (Å²) in [7, 11) is 3.32. The predicted molar refractivity (Wildman–Crippen MR) is 75.4 cm³/mol. The van der Waals surface area contributed by atoms with Crippen molar-refractivity contribution in [2.75, 3.05) is 40.5 Å². The van der Waals surface area contributed by atoms with E-state index >= 15 is 0 Å². The third kappa shape index (κ3) is 5.47. The minimum Gasteiger partial charge on any atom is -0.481 e. The van der Waals surface area contributed by atoms with Crippen LogP contribution in [-0.2, 0) is 14.3 Å². The Balaban J connectivity index is 4.88. The summed E-state index contributed by atoms with van der Waals surface area (Å²) in [6, 6.07) is 0.178. The van der Waals surface area contributed by atoms with Crippen LogP contribution in [0.25, 0.3) is 0 Å². The Hall–Kier alpha value is -0.650. The lowest BCUT2D eigenvalue weighted by Crippen LogP contribution is -2.48. The maximum atomic E-state index is 11.6. The molecule has 19 heavy (non-hydrogen) atoms. The van der Waals surface area contributed by atoms with Crippen LogP contribution in [0.2, 0.25) is 0 Å². The lowest BCUT2D eigenvalue weighted by atomic mass is 9.81. The molecule has 0 aliphatic heterocycles. The van der Waals surface area contributed by atoms with Crippen LogP contribution < -0.4 is 0 Å². The first-order valence-electron chi connectivity index (χ1n) is 6.92. The third-order valence-electron chi connectivity index (χ3n) is 3.93. The Labute approximate surface area is 116 Å². The van der Waals surface area contributed by atoms with Gasteiger partial charge in [0.1, 0.15) is 0 Å². The van der Waals surface area contributed by atoms with Gasteiger partial charge in [-0.2, -0.15) is 0 Å². The molecule has 0 heterocycles. The van der Waals surface area contributed by atoms with Crippen LogP contribution in [0.3, 0.4) is 0 Å². The number of carboxylic acid groups (broad SMARTS) is 1. The molecule has 0 saturated carbocycles. The second-order valence-electron chi connectivity index (χ2n) is 5.06. The Kier molecular flexibility index (Phi) is 8.97. The number of carbonyl (C=O) groups is 1. The van der Waals surface area contributed by atoms with Gasteiger partial charge < -0.3 is 14.6 Å². The zero-order valence-corrected chi connectivity index (χ0v) is 12.9. The second kappa shape index (κ2) is 9.28. The normalized spacial score (nSPS) is 13.8. The van der Waals surface area contributed by atoms with E-state index in [1.165, 1.54) is 0 Å². The summed E-state index contributed by atoms with van der Waals surface area (Å²) in [6.45, 7) is 8.36. The van der Waals surface area contributed by atoms with Gasteiger partial charge in [-0.15, -0.1) is 0 Å². The first-order chi connectivity index (χ1) is 8.97. The molecular weight excluding hydrogens is 246 g/mol. The maximum absolute atomic E-state index is 11.6. The number of rotatable bonds is 11. The van der Waals surface area contributed by atoms with Crippen molar-refractivity contribution in [3.63, 3.8) is 0 Å². The average Bonchev–Trinajstić information content (AvgIpc) is 2.39. The molecule has 5 nitrogen and oxygen atoms in total. The van der Waals surface area contributed by atoms with Gasteiger partial charge in [0.2, 0.25) is 0 Å². The molecule has 0 aliphatic carbocycles. The number of hydrogen-bond acceptors (Lipinski definition) is 4. The van der Waals surface area contributed by atoms with Gasteiger partial charge in [0, 0.05) is 33.4 Å². The van der Waals surface area contributed by atoms with E-state index in [1.807, 2.05) is 13.8 Å². The SMILES string of the molecule is CCC(CC)(CN(CCOC)C(C)COC)C(=O)O. The molecule has 0 rings (SSSR count). The molecule has 0 aromatic heterocycles. The molecule has 0 radical (unpaired) electrons. The van der Waals surface area contributed by atoms with Crippen molar-refractivity contribution in [2.24, 2.45) is 5.41 Å². The highest BCUT2D eigenvalue weighted by Crippen LogP contribution is 2.28. The quantitative estimate of drug-likeness (QED) is 0.623. The fourth-order valence-corrected chi connectivity index (χ4v) is 2.24. The van der Waals surface area contributed by atoms with Crippen LogP contribution in [-0.4, -0.2) is 62.5 Å². The van der Waals surface area contributed by atoms with Crippen LogP contribution >= 0.6 is 0 Å². The zero-order valence-electron chi connectivity index (χ0n) is 12.9. The molecule has 0 saturated heterocycles. The van der Waals surface area contributed by atoms with Crippen molar-refractivity contribution in [2.45, 2.75) is 39.7 Å². The Bertz CT molecular complexity index is 254. The summed E-state index contributed by atoms with van der Waals surface area (Å²) in [5, 5.41) is 9.52. The number of hydrogen-bond donors (Lipinski definition) is 1. The van der Waals surface area contributed by atoms with Crippen molar-refractivity contribution >= 4 is 5.97 Å². The number of aliphatic carboxylic acids is 1. The zero-order chi connectivity index (χ0) is 14.9. The van der Waals surface area contributed by atoms with Crippen LogP contribution in [0.15, 0.2) is 0 Å². The molecule has 0 aliphatic rings. The fraction of sp³-hybridized carbons (Fsp3) is 0.929. The molecule has 114 valence electrons. The van der Waals surface area contributed by atoms with E-state index in [9.17, 15) is 9.90 Å². The highest BCUT2D eigenvalue weighted by Gasteiger charge is 2.37. The Morgan fingerprint density at radius 2 is 1.84 bits per heavy atom. The number of ether oxygens (including phenoxy) is 2. The maximum Gasteiger partial charge on any atom is 0.310 e. The number of carboxylic acids is 1. The van der Waals surface area contributed by atoms with Crippen LogP contribution in [0, 0.1) is 5.41 Å². The highest BCUT2D eigenvalue weighted by atomic mass is 16.5. The summed E-state index contributed by atoms with van der Waals surface area (Å²) >= 11 is 0. The first-order valence-corrected chi connectivity index (χ1v) is 6.92. The summed E-state index contributed by atoms with van der Waals surface area (Å²) in [4.78, 5) is 13.7. The van der Waals surface area contributed by atoms with Gasteiger partial charge in [0.05, 0.1) is 18.6 Å². The van der Waals surface area contributed by atoms with Crippen molar-refractivity contribution in [3.8, 4) is 0 Å². The van der Waals surface area contributed by atoms with Crippen LogP contribution in [0.1, 0.15) is 33.6 Å². The van der Waals surface area contributed by atoms with E-state index in [2.05, 4.69) is 11.8 Å². The van der Waals surface area contributed by atoms with Gasteiger partial charge in [0.15, 0.2) is 0 Å². The van der Waals surface area contributed by atoms with Gasteiger partial charge in [-0.3, -0.25) is 9.69 Å². The Morgan fingerprint density at radius 1 is 1.26 bits per heavy atom. The molecule has 0 amide bonds. The lowest BCUT2D eigenvalue weighted by Gasteiger charge is -2.37. The monoisotopic (exact) mass is 275 g/mol. The molecule has 0 spiro atoms. The summed E-state index contributed by atoms with van der Waals surface area (Å²) in [5.41, 5.74) is -0.685. The summed E-state index contributed by atoms with van der Waals surface area (Å²) in [5.74, 6) is -0.718. The molecule has 1 atom stereocenters. The molecule has 0 bridgehead atoms. The largest absolute Gasteiger partial charge is 0.481 e. The van der Waals surface area contributed by atoms with E-state index in [1.54, 1.807) is 14.2 Å². The Morgan fingerprint density at radius 3 is 2.21 bits per heavy atom. The van der Waals surface area contributed by atoms with Crippen molar-refractivity contribution in [3.05, 3.63) is 0 Å². The van der Waals surface area contributed by atoms with E-state index in [0.717, 1.165) is 6.54 Å². The minimum absolute atomic E-state index is 0.178. The van der Waals surface area contributed by atoms with Gasteiger partial charge in [0.25, 0.3) is 0 Å². The van der Waals surface area contributed by atoms with E-state index in [0.29, 0.717) is 32.6 Å². The second-order valence-corrected chi connectivity index (χ2v) is 5.06. The highest BCUT2D eigenvalue weighted by molar-refractivity contribution is 5.74. The van der Waals surface area contributed by atoms with Crippen LogP contribution in [0.4, 0.5) is 0 Å². The molecule has 0 fully saturated rings. The van der Waals surface area contributed by atoms with E-state index in [4.69, 9.17) is 9.47 Å². The number of methoxy groups -OCH3 is 2. The molecule has 1 N–H and O–H groups in total. The average molecular weight is 275 g/mol. The minimum atomic E-state index is -0.718.